The zero-order valence-electron chi connectivity index (χ0n) is 11.0. The maximum Gasteiger partial charge on any atom is 0.256 e. The second-order valence-corrected chi connectivity index (χ2v) is 4.87. The molecule has 5 nitrogen and oxygen atoms in total. The lowest BCUT2D eigenvalue weighted by Crippen LogP contribution is -2.13. The summed E-state index contributed by atoms with van der Waals surface area (Å²) in [5.41, 5.74) is 1.61. The van der Waals surface area contributed by atoms with Gasteiger partial charge in [0.15, 0.2) is 5.82 Å². The number of amides is 1. The van der Waals surface area contributed by atoms with Crippen LogP contribution in [-0.2, 0) is 7.05 Å². The number of aryl methyl sites for hydroxylation is 1. The fourth-order valence-corrected chi connectivity index (χ4v) is 2.15. The molecule has 0 spiro atoms. The topological polar surface area (TPSA) is 59.8 Å². The van der Waals surface area contributed by atoms with Gasteiger partial charge in [-0.05, 0) is 24.3 Å². The number of nitrogens with one attached hydrogen (secondary N) is 1. The molecule has 1 amide bonds. The molecule has 21 heavy (non-hydrogen) atoms. The van der Waals surface area contributed by atoms with Crippen LogP contribution >= 0.6 is 11.6 Å². The summed E-state index contributed by atoms with van der Waals surface area (Å²) in [5, 5.41) is 2.89. The summed E-state index contributed by atoms with van der Waals surface area (Å²) < 4.78 is 14.6. The van der Waals surface area contributed by atoms with Gasteiger partial charge in [-0.2, -0.15) is 0 Å². The first kappa shape index (κ1) is 13.5. The Balaban J connectivity index is 1.98. The van der Waals surface area contributed by atoms with Crippen molar-refractivity contribution in [1.29, 1.82) is 0 Å². The Morgan fingerprint density at radius 1 is 1.33 bits per heavy atom. The van der Waals surface area contributed by atoms with Crippen molar-refractivity contribution in [2.45, 2.75) is 0 Å². The average Bonchev–Trinajstić information content (AvgIpc) is 2.81. The third-order valence-electron chi connectivity index (χ3n) is 3.02. The predicted octanol–water partition coefficient (Wildman–Crippen LogP) is 3.01. The van der Waals surface area contributed by atoms with Crippen LogP contribution in [0.2, 0.25) is 5.15 Å². The monoisotopic (exact) mass is 304 g/mol. The Labute approximate surface area is 124 Å². The Morgan fingerprint density at radius 2 is 2.05 bits per heavy atom. The molecule has 0 atom stereocenters. The molecule has 2 heterocycles. The Kier molecular flexibility index (Phi) is 3.31. The van der Waals surface area contributed by atoms with E-state index >= 15 is 0 Å². The van der Waals surface area contributed by atoms with Gasteiger partial charge in [-0.1, -0.05) is 11.6 Å². The third kappa shape index (κ3) is 2.57. The number of halogens is 2. The van der Waals surface area contributed by atoms with E-state index in [9.17, 15) is 9.18 Å². The van der Waals surface area contributed by atoms with E-state index in [1.54, 1.807) is 17.0 Å². The van der Waals surface area contributed by atoms with Crippen molar-refractivity contribution < 1.29 is 9.18 Å². The van der Waals surface area contributed by atoms with Gasteiger partial charge in [-0.15, -0.1) is 0 Å². The van der Waals surface area contributed by atoms with Crippen LogP contribution in [0.15, 0.2) is 36.7 Å². The molecule has 3 rings (SSSR count). The number of carbonyl (C=O) groups excluding carboxylic acids is 1. The quantitative estimate of drug-likeness (QED) is 0.740. The standard InChI is InChI=1S/C14H10ClFN4O/c1-20-7-17-12-10(20)6-11(15)18-13(12)19-14(21)8-2-4-9(16)5-3-8/h2-7H,1H3,(H,18,19,21). The number of benzene rings is 1. The molecule has 0 saturated carbocycles. The number of imidazole rings is 1. The second kappa shape index (κ2) is 5.14. The fraction of sp³-hybridized carbons (Fsp3) is 0.0714. The highest BCUT2D eigenvalue weighted by molar-refractivity contribution is 6.30. The number of hydrogen-bond acceptors (Lipinski definition) is 3. The summed E-state index contributed by atoms with van der Waals surface area (Å²) in [6, 6.07) is 6.89. The van der Waals surface area contributed by atoms with Crippen LogP contribution in [0.1, 0.15) is 10.4 Å². The largest absolute Gasteiger partial charge is 0.334 e. The Morgan fingerprint density at radius 3 is 2.76 bits per heavy atom. The number of nitrogens with zero attached hydrogens (tertiary/aromatic N) is 3. The maximum absolute atomic E-state index is 12.9. The van der Waals surface area contributed by atoms with Crippen molar-refractivity contribution in [2.75, 3.05) is 5.32 Å². The van der Waals surface area contributed by atoms with E-state index in [-0.39, 0.29) is 11.0 Å². The van der Waals surface area contributed by atoms with Crippen LogP contribution in [0, 0.1) is 5.82 Å². The van der Waals surface area contributed by atoms with Crippen LogP contribution in [0.4, 0.5) is 10.2 Å². The fourth-order valence-electron chi connectivity index (χ4n) is 1.97. The van der Waals surface area contributed by atoms with Gasteiger partial charge in [-0.3, -0.25) is 4.79 Å². The molecule has 1 N–H and O–H groups in total. The zero-order chi connectivity index (χ0) is 15.0. The minimum Gasteiger partial charge on any atom is -0.334 e. The molecule has 106 valence electrons. The first-order valence-electron chi connectivity index (χ1n) is 6.09. The molecule has 0 unspecified atom stereocenters. The summed E-state index contributed by atoms with van der Waals surface area (Å²) in [5.74, 6) is -0.538. The van der Waals surface area contributed by atoms with E-state index in [0.717, 1.165) is 5.52 Å². The summed E-state index contributed by atoms with van der Waals surface area (Å²) in [6.45, 7) is 0. The van der Waals surface area contributed by atoms with Gasteiger partial charge in [0, 0.05) is 18.7 Å². The van der Waals surface area contributed by atoms with Crippen LogP contribution in [-0.4, -0.2) is 20.4 Å². The van der Waals surface area contributed by atoms with Gasteiger partial charge in [0.2, 0.25) is 0 Å². The highest BCUT2D eigenvalue weighted by atomic mass is 35.5. The lowest BCUT2D eigenvalue weighted by Gasteiger charge is -2.06. The molecule has 2 aromatic heterocycles. The summed E-state index contributed by atoms with van der Waals surface area (Å²) in [4.78, 5) is 20.4. The Hall–Kier alpha value is -2.47. The number of rotatable bonds is 2. The summed E-state index contributed by atoms with van der Waals surface area (Å²) in [7, 11) is 1.82. The minimum atomic E-state index is -0.406. The van der Waals surface area contributed by atoms with Crippen LogP contribution in [0.25, 0.3) is 11.0 Å². The van der Waals surface area contributed by atoms with Crippen molar-refractivity contribution in [3.63, 3.8) is 0 Å². The second-order valence-electron chi connectivity index (χ2n) is 4.48. The molecular weight excluding hydrogens is 295 g/mol. The first-order valence-corrected chi connectivity index (χ1v) is 6.47. The van der Waals surface area contributed by atoms with E-state index in [1.807, 2.05) is 7.05 Å². The van der Waals surface area contributed by atoms with Crippen LogP contribution < -0.4 is 5.32 Å². The average molecular weight is 305 g/mol. The first-order chi connectivity index (χ1) is 10.0. The van der Waals surface area contributed by atoms with Gasteiger partial charge >= 0.3 is 0 Å². The molecule has 1 aromatic carbocycles. The van der Waals surface area contributed by atoms with Gasteiger partial charge in [0.05, 0.1) is 11.8 Å². The van der Waals surface area contributed by atoms with E-state index in [0.29, 0.717) is 11.1 Å². The molecule has 0 aliphatic carbocycles. The molecule has 0 fully saturated rings. The molecular formula is C14H10ClFN4O. The number of aromatic nitrogens is 3. The predicted molar refractivity (Wildman–Crippen MR) is 77.9 cm³/mol. The molecule has 0 radical (unpaired) electrons. The van der Waals surface area contributed by atoms with Crippen molar-refractivity contribution in [3.05, 3.63) is 53.2 Å². The van der Waals surface area contributed by atoms with E-state index in [1.165, 1.54) is 24.3 Å². The van der Waals surface area contributed by atoms with Crippen molar-refractivity contribution in [3.8, 4) is 0 Å². The van der Waals surface area contributed by atoms with Gasteiger partial charge < -0.3 is 9.88 Å². The van der Waals surface area contributed by atoms with Crippen LogP contribution in [0.3, 0.4) is 0 Å². The highest BCUT2D eigenvalue weighted by Gasteiger charge is 2.13. The minimum absolute atomic E-state index is 0.250. The zero-order valence-corrected chi connectivity index (χ0v) is 11.7. The van der Waals surface area contributed by atoms with Crippen molar-refractivity contribution >= 4 is 34.4 Å². The number of hydrogen-bond donors (Lipinski definition) is 1. The van der Waals surface area contributed by atoms with E-state index in [4.69, 9.17) is 11.6 Å². The lowest BCUT2D eigenvalue weighted by atomic mass is 10.2. The molecule has 0 bridgehead atoms. The lowest BCUT2D eigenvalue weighted by molar-refractivity contribution is 0.102. The molecule has 0 aliphatic heterocycles. The van der Waals surface area contributed by atoms with Crippen molar-refractivity contribution in [2.24, 2.45) is 7.05 Å². The van der Waals surface area contributed by atoms with Gasteiger partial charge in [-0.25, -0.2) is 14.4 Å². The molecule has 0 aliphatic rings. The van der Waals surface area contributed by atoms with Gasteiger partial charge in [0.1, 0.15) is 16.5 Å². The summed E-state index contributed by atoms with van der Waals surface area (Å²) >= 11 is 5.95. The number of fused-ring (bicyclic) bond motifs is 1. The highest BCUT2D eigenvalue weighted by Crippen LogP contribution is 2.23. The Bertz CT molecular complexity index is 829. The van der Waals surface area contributed by atoms with Crippen LogP contribution in [0.5, 0.6) is 0 Å². The SMILES string of the molecule is Cn1cnc2c(NC(=O)c3ccc(F)cc3)nc(Cl)cc21. The maximum atomic E-state index is 12.9. The number of pyridine rings is 1. The summed E-state index contributed by atoms with van der Waals surface area (Å²) in [6.07, 6.45) is 1.61. The van der Waals surface area contributed by atoms with E-state index < -0.39 is 11.7 Å². The molecule has 0 saturated heterocycles. The molecule has 3 aromatic rings. The van der Waals surface area contributed by atoms with Crippen molar-refractivity contribution in [1.82, 2.24) is 14.5 Å². The van der Waals surface area contributed by atoms with E-state index in [2.05, 4.69) is 15.3 Å². The normalized spacial score (nSPS) is 10.8. The molecule has 7 heteroatoms. The van der Waals surface area contributed by atoms with Gasteiger partial charge in [0.25, 0.3) is 5.91 Å². The third-order valence-corrected chi connectivity index (χ3v) is 3.21. The smallest absolute Gasteiger partial charge is 0.256 e. The number of carbonyl (C=O) groups is 1. The number of anilines is 1.